The predicted octanol–water partition coefficient (Wildman–Crippen LogP) is 3.82. The maximum Gasteiger partial charge on any atom is 0.0262 e. The Kier molecular flexibility index (Phi) is 2.84. The van der Waals surface area contributed by atoms with Gasteiger partial charge in [-0.1, -0.05) is 34.1 Å². The molecule has 0 heteroatoms. The third kappa shape index (κ3) is 1.43. The highest BCUT2D eigenvalue weighted by atomic mass is 14.6. The summed E-state index contributed by atoms with van der Waals surface area (Å²) < 4.78 is 0. The van der Waals surface area contributed by atoms with Crippen LogP contribution in [0, 0.1) is 53.8 Å². The molecule has 6 atom stereocenters. The average Bonchev–Trinajstić information content (AvgIpc) is 2.17. The van der Waals surface area contributed by atoms with Crippen molar-refractivity contribution in [2.45, 2.75) is 40.5 Å². The van der Waals surface area contributed by atoms with Crippen molar-refractivity contribution in [2.75, 3.05) is 0 Å². The second-order valence-electron chi connectivity index (χ2n) is 6.01. The maximum absolute atomic E-state index is 5.64. The van der Waals surface area contributed by atoms with Gasteiger partial charge in [0.25, 0.3) is 0 Å². The van der Waals surface area contributed by atoms with Crippen molar-refractivity contribution in [3.63, 3.8) is 0 Å². The van der Waals surface area contributed by atoms with Gasteiger partial charge in [0.2, 0.25) is 0 Å². The fourth-order valence-corrected chi connectivity index (χ4v) is 4.31. The SMILES string of the molecule is C#CC1C(C)C2CC(C(CC)C(C)C)C12. The van der Waals surface area contributed by atoms with E-state index in [-0.39, 0.29) is 0 Å². The van der Waals surface area contributed by atoms with Gasteiger partial charge in [-0.3, -0.25) is 0 Å². The molecule has 0 saturated heterocycles. The van der Waals surface area contributed by atoms with Crippen molar-refractivity contribution in [3.8, 4) is 12.3 Å². The molecule has 15 heavy (non-hydrogen) atoms. The first-order valence-electron chi connectivity index (χ1n) is 6.57. The molecule has 2 aliphatic carbocycles. The van der Waals surface area contributed by atoms with Crippen LogP contribution >= 0.6 is 0 Å². The zero-order valence-electron chi connectivity index (χ0n) is 10.5. The van der Waals surface area contributed by atoms with Crippen LogP contribution in [0.3, 0.4) is 0 Å². The summed E-state index contributed by atoms with van der Waals surface area (Å²) in [6.45, 7) is 9.42. The molecule has 6 unspecified atom stereocenters. The second kappa shape index (κ2) is 3.85. The minimum atomic E-state index is 0.599. The average molecular weight is 204 g/mol. The fraction of sp³-hybridized carbons (Fsp3) is 0.867. The molecule has 0 aromatic carbocycles. The molecule has 0 spiro atoms. The minimum absolute atomic E-state index is 0.599. The quantitative estimate of drug-likeness (QED) is 0.613. The van der Waals surface area contributed by atoms with Gasteiger partial charge in [0.05, 0.1) is 0 Å². The molecule has 0 radical (unpaired) electrons. The molecule has 2 saturated carbocycles. The van der Waals surface area contributed by atoms with Gasteiger partial charge in [-0.15, -0.1) is 12.3 Å². The van der Waals surface area contributed by atoms with Crippen LogP contribution in [0.4, 0.5) is 0 Å². The lowest BCUT2D eigenvalue weighted by molar-refractivity contribution is -0.147. The summed E-state index contributed by atoms with van der Waals surface area (Å²) in [4.78, 5) is 0. The van der Waals surface area contributed by atoms with Crippen molar-refractivity contribution in [1.29, 1.82) is 0 Å². The van der Waals surface area contributed by atoms with Crippen LogP contribution in [0.25, 0.3) is 0 Å². The zero-order chi connectivity index (χ0) is 11.2. The highest BCUT2D eigenvalue weighted by molar-refractivity contribution is 5.16. The summed E-state index contributed by atoms with van der Waals surface area (Å²) in [6.07, 6.45) is 8.43. The van der Waals surface area contributed by atoms with Crippen LogP contribution < -0.4 is 0 Å². The normalized spacial score (nSPS) is 44.9. The molecule has 2 fully saturated rings. The molecule has 2 aliphatic rings. The third-order valence-electron chi connectivity index (χ3n) is 5.26. The summed E-state index contributed by atoms with van der Waals surface area (Å²) in [5, 5.41) is 0. The molecule has 0 aromatic heterocycles. The maximum atomic E-state index is 5.64. The Bertz CT molecular complexity index is 270. The van der Waals surface area contributed by atoms with Gasteiger partial charge in [0, 0.05) is 5.92 Å². The van der Waals surface area contributed by atoms with Gasteiger partial charge < -0.3 is 0 Å². The highest BCUT2D eigenvalue weighted by Gasteiger charge is 2.59. The first kappa shape index (κ1) is 11.1. The largest absolute Gasteiger partial charge is 0.120 e. The smallest absolute Gasteiger partial charge is 0.0262 e. The Balaban J connectivity index is 2.01. The van der Waals surface area contributed by atoms with Crippen LogP contribution in [-0.2, 0) is 0 Å². The lowest BCUT2D eigenvalue weighted by Gasteiger charge is -2.63. The summed E-state index contributed by atoms with van der Waals surface area (Å²) in [7, 11) is 0. The number of hydrogen-bond donors (Lipinski definition) is 0. The lowest BCUT2D eigenvalue weighted by atomic mass is 9.40. The van der Waals surface area contributed by atoms with E-state index in [1.165, 1.54) is 12.8 Å². The van der Waals surface area contributed by atoms with Crippen molar-refractivity contribution >= 4 is 0 Å². The van der Waals surface area contributed by atoms with Gasteiger partial charge in [-0.05, 0) is 41.9 Å². The lowest BCUT2D eigenvalue weighted by Crippen LogP contribution is -2.59. The van der Waals surface area contributed by atoms with Crippen LogP contribution in [0.1, 0.15) is 40.5 Å². The molecule has 0 aromatic rings. The second-order valence-corrected chi connectivity index (χ2v) is 6.01. The van der Waals surface area contributed by atoms with E-state index in [0.29, 0.717) is 5.92 Å². The van der Waals surface area contributed by atoms with Crippen LogP contribution in [0.15, 0.2) is 0 Å². The van der Waals surface area contributed by atoms with Crippen molar-refractivity contribution in [3.05, 3.63) is 0 Å². The zero-order valence-corrected chi connectivity index (χ0v) is 10.5. The van der Waals surface area contributed by atoms with E-state index in [4.69, 9.17) is 6.42 Å². The Hall–Kier alpha value is -0.440. The Labute approximate surface area is 94.8 Å². The number of rotatable bonds is 3. The molecule has 0 heterocycles. The van der Waals surface area contributed by atoms with Gasteiger partial charge in [0.15, 0.2) is 0 Å². The van der Waals surface area contributed by atoms with Gasteiger partial charge in [-0.25, -0.2) is 0 Å². The third-order valence-corrected chi connectivity index (χ3v) is 5.26. The van der Waals surface area contributed by atoms with E-state index in [9.17, 15) is 0 Å². The topological polar surface area (TPSA) is 0 Å². The minimum Gasteiger partial charge on any atom is -0.120 e. The van der Waals surface area contributed by atoms with E-state index in [2.05, 4.69) is 33.6 Å². The first-order chi connectivity index (χ1) is 7.11. The standard InChI is InChI=1S/C15H24/c1-6-11(9(3)4)14-8-13-10(5)12(7-2)15(13)14/h2,9-15H,6,8H2,1,3-5H3. The van der Waals surface area contributed by atoms with Gasteiger partial charge >= 0.3 is 0 Å². The monoisotopic (exact) mass is 204 g/mol. The molecule has 0 amide bonds. The molecule has 84 valence electrons. The summed E-state index contributed by atoms with van der Waals surface area (Å²) >= 11 is 0. The van der Waals surface area contributed by atoms with Crippen molar-refractivity contribution in [2.24, 2.45) is 41.4 Å². The van der Waals surface area contributed by atoms with E-state index < -0.39 is 0 Å². The Morgan fingerprint density at radius 2 is 2.07 bits per heavy atom. The number of fused-ring (bicyclic) bond motifs is 1. The molecular formula is C15H24. The molecule has 0 nitrogen and oxygen atoms in total. The summed E-state index contributed by atoms with van der Waals surface area (Å²) in [5.74, 6) is 8.98. The van der Waals surface area contributed by atoms with Crippen LogP contribution in [0.2, 0.25) is 0 Å². The molecule has 2 rings (SSSR count). The predicted molar refractivity (Wildman–Crippen MR) is 65.2 cm³/mol. The van der Waals surface area contributed by atoms with E-state index in [1.54, 1.807) is 0 Å². The first-order valence-corrected chi connectivity index (χ1v) is 6.57. The molecule has 0 N–H and O–H groups in total. The van der Waals surface area contributed by atoms with E-state index in [0.717, 1.165) is 35.5 Å². The Morgan fingerprint density at radius 1 is 1.40 bits per heavy atom. The summed E-state index contributed by atoms with van der Waals surface area (Å²) in [6, 6.07) is 0. The number of terminal acetylenes is 1. The Morgan fingerprint density at radius 3 is 2.53 bits per heavy atom. The van der Waals surface area contributed by atoms with Crippen LogP contribution in [-0.4, -0.2) is 0 Å². The van der Waals surface area contributed by atoms with Gasteiger partial charge in [0.1, 0.15) is 0 Å². The highest BCUT2D eigenvalue weighted by Crippen LogP contribution is 2.64. The molecular weight excluding hydrogens is 180 g/mol. The van der Waals surface area contributed by atoms with E-state index >= 15 is 0 Å². The molecule has 0 bridgehead atoms. The van der Waals surface area contributed by atoms with Gasteiger partial charge in [-0.2, -0.15) is 0 Å². The number of hydrogen-bond acceptors (Lipinski definition) is 0. The van der Waals surface area contributed by atoms with Crippen molar-refractivity contribution in [1.82, 2.24) is 0 Å². The molecule has 0 aliphatic heterocycles. The summed E-state index contributed by atoms with van der Waals surface area (Å²) in [5.41, 5.74) is 0. The fourth-order valence-electron chi connectivity index (χ4n) is 4.31. The van der Waals surface area contributed by atoms with E-state index in [1.807, 2.05) is 0 Å². The van der Waals surface area contributed by atoms with Crippen LogP contribution in [0.5, 0.6) is 0 Å². The van der Waals surface area contributed by atoms with Crippen molar-refractivity contribution < 1.29 is 0 Å².